The molecule has 1 aromatic heterocycles. The third-order valence-electron chi connectivity index (χ3n) is 5.78. The molecular formula is C25H33FN2O4S. The van der Waals surface area contributed by atoms with Crippen LogP contribution in [0.25, 0.3) is 0 Å². The predicted octanol–water partition coefficient (Wildman–Crippen LogP) is 3.67. The summed E-state index contributed by atoms with van der Waals surface area (Å²) in [5.74, 6) is 0.244. The lowest BCUT2D eigenvalue weighted by Crippen LogP contribution is -2.48. The highest BCUT2D eigenvalue weighted by molar-refractivity contribution is 7.10. The van der Waals surface area contributed by atoms with Gasteiger partial charge in [0.05, 0.1) is 25.3 Å². The molecule has 2 aromatic rings. The molecule has 0 aliphatic carbocycles. The summed E-state index contributed by atoms with van der Waals surface area (Å²) < 4.78 is 24.4. The van der Waals surface area contributed by atoms with Crippen LogP contribution in [0.4, 0.5) is 4.39 Å². The molecule has 3 rings (SSSR count). The van der Waals surface area contributed by atoms with E-state index in [1.807, 2.05) is 15.2 Å². The summed E-state index contributed by atoms with van der Waals surface area (Å²) in [7, 11) is 1.62. The molecule has 0 unspecified atom stereocenters. The number of methoxy groups -OCH3 is 1. The fourth-order valence-corrected chi connectivity index (χ4v) is 4.95. The Bertz CT molecular complexity index is 889. The van der Waals surface area contributed by atoms with Crippen LogP contribution >= 0.6 is 11.3 Å². The van der Waals surface area contributed by atoms with E-state index in [2.05, 4.69) is 12.6 Å². The van der Waals surface area contributed by atoms with E-state index in [1.54, 1.807) is 36.7 Å². The Morgan fingerprint density at radius 3 is 2.91 bits per heavy atom. The molecular weight excluding hydrogens is 443 g/mol. The fraction of sp³-hybridized carbons (Fsp3) is 0.480. The highest BCUT2D eigenvalue weighted by atomic mass is 32.1. The second-order valence-electron chi connectivity index (χ2n) is 8.16. The van der Waals surface area contributed by atoms with Crippen LogP contribution in [0.1, 0.15) is 29.3 Å². The number of aliphatic hydroxyl groups excluding tert-OH is 1. The van der Waals surface area contributed by atoms with Gasteiger partial charge in [0.15, 0.2) is 0 Å². The van der Waals surface area contributed by atoms with Gasteiger partial charge in [-0.15, -0.1) is 17.9 Å². The second kappa shape index (κ2) is 12.8. The van der Waals surface area contributed by atoms with E-state index in [9.17, 15) is 14.3 Å². The molecule has 6 nitrogen and oxygen atoms in total. The summed E-state index contributed by atoms with van der Waals surface area (Å²) in [5, 5.41) is 12.4. The van der Waals surface area contributed by atoms with Crippen molar-refractivity contribution in [3.8, 4) is 5.75 Å². The fourth-order valence-electron chi connectivity index (χ4n) is 4.02. The molecule has 2 heterocycles. The molecule has 0 spiro atoms. The van der Waals surface area contributed by atoms with E-state index >= 15 is 0 Å². The molecule has 8 heteroatoms. The van der Waals surface area contributed by atoms with E-state index in [4.69, 9.17) is 9.47 Å². The zero-order valence-corrected chi connectivity index (χ0v) is 19.9. The highest BCUT2D eigenvalue weighted by Crippen LogP contribution is 2.34. The molecule has 0 bridgehead atoms. The van der Waals surface area contributed by atoms with Gasteiger partial charge in [-0.25, -0.2) is 4.39 Å². The summed E-state index contributed by atoms with van der Waals surface area (Å²) in [6, 6.07) is 7.75. The number of aliphatic hydroxyl groups is 1. The largest absolute Gasteiger partial charge is 0.491 e. The number of rotatable bonds is 13. The average molecular weight is 477 g/mol. The first-order valence-electron chi connectivity index (χ1n) is 11.3. The molecule has 180 valence electrons. The van der Waals surface area contributed by atoms with Gasteiger partial charge < -0.3 is 19.5 Å². The maximum atomic E-state index is 13.4. The number of thiophene rings is 1. The van der Waals surface area contributed by atoms with Crippen molar-refractivity contribution >= 4 is 17.2 Å². The Morgan fingerprint density at radius 2 is 2.18 bits per heavy atom. The first-order chi connectivity index (χ1) is 16.0. The number of ether oxygens (including phenoxy) is 2. The lowest BCUT2D eigenvalue weighted by molar-refractivity contribution is -0.136. The van der Waals surface area contributed by atoms with E-state index in [-0.39, 0.29) is 24.3 Å². The molecule has 1 aliphatic heterocycles. The maximum Gasteiger partial charge on any atom is 0.237 e. The number of halogens is 1. The predicted molar refractivity (Wildman–Crippen MR) is 128 cm³/mol. The average Bonchev–Trinajstić information content (AvgIpc) is 3.29. The van der Waals surface area contributed by atoms with Crippen molar-refractivity contribution in [1.82, 2.24) is 9.80 Å². The lowest BCUT2D eigenvalue weighted by Gasteiger charge is -2.37. The summed E-state index contributed by atoms with van der Waals surface area (Å²) in [4.78, 5) is 18.5. The molecule has 1 N–H and O–H groups in total. The number of carbonyl (C=O) groups excluding carboxylic acids is 1. The first kappa shape index (κ1) is 25.4. The van der Waals surface area contributed by atoms with Crippen molar-refractivity contribution < 1.29 is 23.8 Å². The third kappa shape index (κ3) is 7.37. The normalized spacial score (nSPS) is 16.5. The number of hydrogen-bond acceptors (Lipinski definition) is 6. The minimum absolute atomic E-state index is 0.00780. The van der Waals surface area contributed by atoms with Crippen LogP contribution in [0.15, 0.2) is 48.4 Å². The number of carbonyl (C=O) groups is 1. The Balaban J connectivity index is 1.69. The third-order valence-corrected chi connectivity index (χ3v) is 6.78. The number of benzene rings is 1. The number of amides is 1. The number of allylic oxidation sites excluding steroid dienone is 1. The van der Waals surface area contributed by atoms with Gasteiger partial charge in [-0.2, -0.15) is 0 Å². The van der Waals surface area contributed by atoms with Gasteiger partial charge in [0.25, 0.3) is 0 Å². The first-order valence-corrected chi connectivity index (χ1v) is 12.1. The number of hydrogen-bond donors (Lipinski definition) is 1. The Hall–Kier alpha value is -2.26. The molecule has 0 saturated heterocycles. The van der Waals surface area contributed by atoms with Crippen LogP contribution in [-0.4, -0.2) is 73.4 Å². The molecule has 2 atom stereocenters. The van der Waals surface area contributed by atoms with Crippen molar-refractivity contribution in [1.29, 1.82) is 0 Å². The van der Waals surface area contributed by atoms with Gasteiger partial charge in [0.1, 0.15) is 18.2 Å². The van der Waals surface area contributed by atoms with Gasteiger partial charge >= 0.3 is 0 Å². The zero-order chi connectivity index (χ0) is 23.6. The smallest absolute Gasteiger partial charge is 0.237 e. The lowest BCUT2D eigenvalue weighted by atomic mass is 10.0. The standard InChI is InChI=1S/C25H33FN2O4S/c1-3-4-5-20(29)16-27(13-14-31-2)17-25(30)28-12-10-24-22(11-15-33-24)23(28)18-32-21-8-6-19(26)7-9-21/h3,6-9,11,15,20,23,29H,1,4-5,10,12-14,16-18H2,2H3/t20-,23-/m0/s1. The van der Waals surface area contributed by atoms with E-state index < -0.39 is 6.10 Å². The summed E-state index contributed by atoms with van der Waals surface area (Å²) in [5.41, 5.74) is 1.11. The summed E-state index contributed by atoms with van der Waals surface area (Å²) in [6.07, 6.45) is 3.40. The quantitative estimate of drug-likeness (QED) is 0.447. The maximum absolute atomic E-state index is 13.4. The molecule has 1 aliphatic rings. The summed E-state index contributed by atoms with van der Waals surface area (Å²) >= 11 is 1.70. The van der Waals surface area contributed by atoms with E-state index in [0.717, 1.165) is 18.4 Å². The van der Waals surface area contributed by atoms with Gasteiger partial charge in [-0.3, -0.25) is 9.69 Å². The molecule has 1 amide bonds. The van der Waals surface area contributed by atoms with Crippen molar-refractivity contribution in [3.05, 3.63) is 64.6 Å². The Morgan fingerprint density at radius 1 is 1.39 bits per heavy atom. The number of fused-ring (bicyclic) bond motifs is 1. The van der Waals surface area contributed by atoms with Crippen LogP contribution in [0.2, 0.25) is 0 Å². The topological polar surface area (TPSA) is 62.2 Å². The summed E-state index contributed by atoms with van der Waals surface area (Å²) in [6.45, 7) is 6.24. The van der Waals surface area contributed by atoms with Crippen molar-refractivity contribution in [2.45, 2.75) is 31.4 Å². The molecule has 0 fully saturated rings. The van der Waals surface area contributed by atoms with Crippen LogP contribution < -0.4 is 4.74 Å². The molecule has 0 saturated carbocycles. The molecule has 0 radical (unpaired) electrons. The van der Waals surface area contributed by atoms with Crippen molar-refractivity contribution in [2.75, 3.05) is 46.5 Å². The minimum Gasteiger partial charge on any atom is -0.491 e. The molecule has 33 heavy (non-hydrogen) atoms. The zero-order valence-electron chi connectivity index (χ0n) is 19.1. The monoisotopic (exact) mass is 476 g/mol. The van der Waals surface area contributed by atoms with Gasteiger partial charge in [-0.1, -0.05) is 6.08 Å². The highest BCUT2D eigenvalue weighted by Gasteiger charge is 2.33. The van der Waals surface area contributed by atoms with Crippen molar-refractivity contribution in [2.24, 2.45) is 0 Å². The van der Waals surface area contributed by atoms with Gasteiger partial charge in [0, 0.05) is 31.6 Å². The van der Waals surface area contributed by atoms with Gasteiger partial charge in [-0.05, 0) is 60.5 Å². The van der Waals surface area contributed by atoms with E-state index in [0.29, 0.717) is 45.0 Å². The second-order valence-corrected chi connectivity index (χ2v) is 9.17. The number of nitrogens with zero attached hydrogens (tertiary/aromatic N) is 2. The van der Waals surface area contributed by atoms with Crippen LogP contribution in [0.3, 0.4) is 0 Å². The van der Waals surface area contributed by atoms with Gasteiger partial charge in [0.2, 0.25) is 5.91 Å². The Kier molecular flexibility index (Phi) is 9.87. The van der Waals surface area contributed by atoms with Crippen LogP contribution in [0, 0.1) is 5.82 Å². The SMILES string of the molecule is C=CCC[C@H](O)CN(CCOC)CC(=O)N1CCc2sccc2[C@@H]1COc1ccc(F)cc1. The van der Waals surface area contributed by atoms with Crippen LogP contribution in [0.5, 0.6) is 5.75 Å². The van der Waals surface area contributed by atoms with Crippen LogP contribution in [-0.2, 0) is 16.0 Å². The molecule has 1 aromatic carbocycles. The Labute approximate surface area is 199 Å². The van der Waals surface area contributed by atoms with E-state index in [1.165, 1.54) is 17.0 Å². The van der Waals surface area contributed by atoms with Crippen molar-refractivity contribution in [3.63, 3.8) is 0 Å². The minimum atomic E-state index is -0.532.